The predicted octanol–water partition coefficient (Wildman–Crippen LogP) is 4.28. The molecule has 1 unspecified atom stereocenters. The molecule has 3 aliphatic rings. The fourth-order valence-corrected chi connectivity index (χ4v) is 5.72. The van der Waals surface area contributed by atoms with Crippen LogP contribution in [0.2, 0.25) is 5.02 Å². The lowest BCUT2D eigenvalue weighted by molar-refractivity contribution is 0.0341. The summed E-state index contributed by atoms with van der Waals surface area (Å²) in [4.78, 5) is 29.4. The molecule has 1 saturated heterocycles. The number of benzene rings is 3. The lowest BCUT2D eigenvalue weighted by atomic mass is 10.0. The Morgan fingerprint density at radius 2 is 1.76 bits per heavy atom. The highest BCUT2D eigenvalue weighted by atomic mass is 35.5. The Labute approximate surface area is 241 Å². The molecule has 1 fully saturated rings. The van der Waals surface area contributed by atoms with E-state index in [4.69, 9.17) is 30.5 Å². The quantitative estimate of drug-likeness (QED) is 0.368. The van der Waals surface area contributed by atoms with Crippen molar-refractivity contribution in [3.8, 4) is 17.2 Å². The molecule has 1 amide bonds. The van der Waals surface area contributed by atoms with Gasteiger partial charge in [-0.15, -0.1) is 0 Å². The van der Waals surface area contributed by atoms with Gasteiger partial charge in [-0.25, -0.2) is 0 Å². The maximum Gasteiger partial charge on any atom is 0.257 e. The van der Waals surface area contributed by atoms with E-state index >= 15 is 0 Å². The van der Waals surface area contributed by atoms with Crippen LogP contribution < -0.4 is 25.0 Å². The number of hydrogen-bond acceptors (Lipinski definition) is 7. The summed E-state index contributed by atoms with van der Waals surface area (Å²) in [5.41, 5.74) is 3.21. The number of fused-ring (bicyclic) bond motifs is 1. The smallest absolute Gasteiger partial charge is 0.257 e. The molecule has 41 heavy (non-hydrogen) atoms. The summed E-state index contributed by atoms with van der Waals surface area (Å²) in [6, 6.07) is 16.9. The number of morpholine rings is 1. The van der Waals surface area contributed by atoms with E-state index in [0.717, 1.165) is 29.8 Å². The SMILES string of the molecule is O=C(NCc1ccc(Cl)cc1)c1cn2c3c(cc(CN4CCOCC4)cc3c1=O)OC(c1ccc3c(c1)OCO3)C2. The van der Waals surface area contributed by atoms with Crippen LogP contribution in [0.3, 0.4) is 0 Å². The van der Waals surface area contributed by atoms with Crippen LogP contribution in [0, 0.1) is 0 Å². The highest BCUT2D eigenvalue weighted by molar-refractivity contribution is 6.30. The van der Waals surface area contributed by atoms with Crippen LogP contribution in [-0.4, -0.2) is 48.5 Å². The van der Waals surface area contributed by atoms with Crippen LogP contribution in [0.1, 0.15) is 33.2 Å². The maximum atomic E-state index is 13.8. The van der Waals surface area contributed by atoms with Crippen molar-refractivity contribution in [3.63, 3.8) is 0 Å². The number of carbonyl (C=O) groups excluding carboxylic acids is 1. The summed E-state index contributed by atoms with van der Waals surface area (Å²) < 4.78 is 25.1. The molecule has 0 bridgehead atoms. The molecule has 0 saturated carbocycles. The standard InChI is InChI=1S/C31H28ClN3O6/c32-22-4-1-19(2-5-22)14-33-31(37)24-16-35-17-28(21-3-6-25-26(13-21)40-18-39-25)41-27-12-20(11-23(29(27)35)30(24)36)15-34-7-9-38-10-8-34/h1-6,11-13,16,28H,7-10,14-15,17-18H2,(H,33,37). The summed E-state index contributed by atoms with van der Waals surface area (Å²) in [6.45, 7) is 4.50. The van der Waals surface area contributed by atoms with Crippen LogP contribution in [0.5, 0.6) is 17.2 Å². The van der Waals surface area contributed by atoms with Gasteiger partial charge in [-0.05, 0) is 53.1 Å². The molecule has 0 aliphatic carbocycles. The van der Waals surface area contributed by atoms with Gasteiger partial charge < -0.3 is 28.8 Å². The lowest BCUT2D eigenvalue weighted by Gasteiger charge is -2.30. The molecular weight excluding hydrogens is 546 g/mol. The third-order valence-corrected chi connectivity index (χ3v) is 7.97. The van der Waals surface area contributed by atoms with Crippen LogP contribution in [-0.2, 0) is 24.4 Å². The van der Waals surface area contributed by atoms with Gasteiger partial charge in [0.25, 0.3) is 5.91 Å². The fourth-order valence-electron chi connectivity index (χ4n) is 5.60. The molecule has 3 aliphatic heterocycles. The number of nitrogens with zero attached hydrogens (tertiary/aromatic N) is 2. The van der Waals surface area contributed by atoms with Crippen molar-refractivity contribution in [3.05, 3.63) is 98.3 Å². The number of nitrogens with one attached hydrogen (secondary N) is 1. The number of aromatic nitrogens is 1. The van der Waals surface area contributed by atoms with E-state index < -0.39 is 5.91 Å². The molecule has 4 aromatic rings. The van der Waals surface area contributed by atoms with E-state index in [1.165, 1.54) is 0 Å². The molecule has 1 atom stereocenters. The van der Waals surface area contributed by atoms with E-state index in [-0.39, 0.29) is 30.4 Å². The number of halogens is 1. The van der Waals surface area contributed by atoms with E-state index in [9.17, 15) is 9.59 Å². The third-order valence-electron chi connectivity index (χ3n) is 7.72. The van der Waals surface area contributed by atoms with Gasteiger partial charge in [0.2, 0.25) is 12.2 Å². The number of carbonyl (C=O) groups is 1. The summed E-state index contributed by atoms with van der Waals surface area (Å²) in [7, 11) is 0. The zero-order valence-corrected chi connectivity index (χ0v) is 23.0. The van der Waals surface area contributed by atoms with E-state index in [0.29, 0.717) is 59.5 Å². The van der Waals surface area contributed by atoms with Gasteiger partial charge in [0.05, 0.1) is 30.7 Å². The van der Waals surface area contributed by atoms with Crippen molar-refractivity contribution < 1.29 is 23.7 Å². The Bertz CT molecular complexity index is 1700. The monoisotopic (exact) mass is 573 g/mol. The molecular formula is C31H28ClN3O6. The van der Waals surface area contributed by atoms with Crippen molar-refractivity contribution in [1.82, 2.24) is 14.8 Å². The Morgan fingerprint density at radius 1 is 0.951 bits per heavy atom. The molecule has 0 radical (unpaired) electrons. The fraction of sp³-hybridized carbons (Fsp3) is 0.290. The van der Waals surface area contributed by atoms with E-state index in [1.54, 1.807) is 18.3 Å². The van der Waals surface area contributed by atoms with Gasteiger partial charge in [-0.3, -0.25) is 14.5 Å². The maximum absolute atomic E-state index is 13.8. The zero-order chi connectivity index (χ0) is 27.9. The minimum atomic E-state index is -0.429. The largest absolute Gasteiger partial charge is 0.482 e. The van der Waals surface area contributed by atoms with Crippen LogP contribution >= 0.6 is 11.6 Å². The second kappa shape index (κ2) is 10.7. The normalized spacial score (nSPS) is 17.8. The summed E-state index contributed by atoms with van der Waals surface area (Å²) in [5.74, 6) is 1.56. The molecule has 7 rings (SSSR count). The second-order valence-electron chi connectivity index (χ2n) is 10.4. The van der Waals surface area contributed by atoms with Crippen molar-refractivity contribution in [2.75, 3.05) is 33.1 Å². The minimum Gasteiger partial charge on any atom is -0.482 e. The Morgan fingerprint density at radius 3 is 2.59 bits per heavy atom. The molecule has 1 aromatic heterocycles. The summed E-state index contributed by atoms with van der Waals surface area (Å²) in [6.07, 6.45) is 1.29. The first-order valence-corrected chi connectivity index (χ1v) is 14.0. The first kappa shape index (κ1) is 25.9. The van der Waals surface area contributed by atoms with Crippen molar-refractivity contribution in [2.24, 2.45) is 0 Å². The minimum absolute atomic E-state index is 0.0901. The van der Waals surface area contributed by atoms with Crippen LogP contribution in [0.15, 0.2) is 65.6 Å². The van der Waals surface area contributed by atoms with Gasteiger partial charge in [0, 0.05) is 37.4 Å². The Balaban J connectivity index is 1.26. The van der Waals surface area contributed by atoms with Crippen LogP contribution in [0.25, 0.3) is 10.9 Å². The van der Waals surface area contributed by atoms with Gasteiger partial charge in [0.1, 0.15) is 17.4 Å². The number of amides is 1. The first-order chi connectivity index (χ1) is 20.0. The highest BCUT2D eigenvalue weighted by Gasteiger charge is 2.28. The van der Waals surface area contributed by atoms with Gasteiger partial charge in [-0.1, -0.05) is 29.8 Å². The van der Waals surface area contributed by atoms with E-state index in [1.807, 2.05) is 47.0 Å². The van der Waals surface area contributed by atoms with Crippen molar-refractivity contribution >= 4 is 28.4 Å². The molecule has 3 aromatic carbocycles. The van der Waals surface area contributed by atoms with E-state index in [2.05, 4.69) is 10.2 Å². The number of ether oxygens (including phenoxy) is 4. The summed E-state index contributed by atoms with van der Waals surface area (Å²) in [5, 5.41) is 3.98. The van der Waals surface area contributed by atoms with Gasteiger partial charge >= 0.3 is 0 Å². The first-order valence-electron chi connectivity index (χ1n) is 13.6. The number of hydrogen-bond donors (Lipinski definition) is 1. The topological polar surface area (TPSA) is 91.3 Å². The Kier molecular flexibility index (Phi) is 6.78. The molecule has 4 heterocycles. The molecule has 0 spiro atoms. The highest BCUT2D eigenvalue weighted by Crippen LogP contribution is 2.40. The number of pyridine rings is 1. The Hall–Kier alpha value is -4.05. The predicted molar refractivity (Wildman–Crippen MR) is 153 cm³/mol. The van der Waals surface area contributed by atoms with Crippen LogP contribution in [0.4, 0.5) is 0 Å². The van der Waals surface area contributed by atoms with Gasteiger partial charge in [0.15, 0.2) is 11.5 Å². The molecule has 10 heteroatoms. The molecule has 210 valence electrons. The zero-order valence-electron chi connectivity index (χ0n) is 22.2. The average molecular weight is 574 g/mol. The van der Waals surface area contributed by atoms with Crippen molar-refractivity contribution in [1.29, 1.82) is 0 Å². The molecule has 1 N–H and O–H groups in total. The molecule has 9 nitrogen and oxygen atoms in total. The third kappa shape index (κ3) is 5.12. The second-order valence-corrected chi connectivity index (χ2v) is 10.9. The van der Waals surface area contributed by atoms with Gasteiger partial charge in [-0.2, -0.15) is 0 Å². The summed E-state index contributed by atoms with van der Waals surface area (Å²) >= 11 is 5.99. The van der Waals surface area contributed by atoms with Crippen molar-refractivity contribution in [2.45, 2.75) is 25.7 Å². The number of rotatable bonds is 6. The average Bonchev–Trinajstić information content (AvgIpc) is 3.47. The lowest BCUT2D eigenvalue weighted by Crippen LogP contribution is -2.35.